The Balaban J connectivity index is 3.56. The summed E-state index contributed by atoms with van der Waals surface area (Å²) in [6, 6.07) is 0. The molecule has 0 aromatic heterocycles. The Labute approximate surface area is 130 Å². The third-order valence-corrected chi connectivity index (χ3v) is 2.95. The van der Waals surface area contributed by atoms with Crippen LogP contribution in [0.15, 0.2) is 0 Å². The van der Waals surface area contributed by atoms with E-state index in [-0.39, 0.29) is 43.9 Å². The molecule has 8 heteroatoms. The van der Waals surface area contributed by atoms with Crippen LogP contribution in [0.1, 0.15) is 51.9 Å². The molecule has 0 saturated carbocycles. The Morgan fingerprint density at radius 1 is 1.00 bits per heavy atom. The van der Waals surface area contributed by atoms with Crippen molar-refractivity contribution in [1.82, 2.24) is 10.4 Å². The van der Waals surface area contributed by atoms with Gasteiger partial charge in [-0.05, 0) is 26.2 Å². The van der Waals surface area contributed by atoms with Crippen molar-refractivity contribution in [3.63, 3.8) is 0 Å². The summed E-state index contributed by atoms with van der Waals surface area (Å²) in [7, 11) is 0. The molecule has 0 unspecified atom stereocenters. The Hall–Kier alpha value is -1.96. The van der Waals surface area contributed by atoms with Gasteiger partial charge in [-0.2, -0.15) is 0 Å². The molecule has 0 atom stereocenters. The number of ketones is 1. The Morgan fingerprint density at radius 3 is 2.27 bits per heavy atom. The van der Waals surface area contributed by atoms with Crippen molar-refractivity contribution in [2.75, 3.05) is 13.1 Å². The van der Waals surface area contributed by atoms with Gasteiger partial charge in [0.2, 0.25) is 17.7 Å². The summed E-state index contributed by atoms with van der Waals surface area (Å²) < 4.78 is 0. The number of nitrogens with zero attached hydrogens (tertiary/aromatic N) is 1. The van der Waals surface area contributed by atoms with E-state index in [0.29, 0.717) is 18.0 Å². The number of amides is 3. The number of primary amides is 1. The Bertz CT molecular complexity index is 398. The molecule has 22 heavy (non-hydrogen) atoms. The van der Waals surface area contributed by atoms with Gasteiger partial charge in [0.15, 0.2) is 0 Å². The molecule has 0 aliphatic heterocycles. The predicted octanol–water partition coefficient (Wildman–Crippen LogP) is 0.125. The lowest BCUT2D eigenvalue weighted by Crippen LogP contribution is -2.29. The Kier molecular flexibility index (Phi) is 10.6. The fourth-order valence-electron chi connectivity index (χ4n) is 1.65. The predicted molar refractivity (Wildman–Crippen MR) is 78.7 cm³/mol. The van der Waals surface area contributed by atoms with E-state index in [2.05, 4.69) is 5.32 Å². The van der Waals surface area contributed by atoms with Crippen LogP contribution in [0.25, 0.3) is 0 Å². The van der Waals surface area contributed by atoms with Gasteiger partial charge in [0, 0.05) is 38.8 Å². The number of unbranched alkanes of at least 4 members (excludes halogenated alkanes) is 2. The van der Waals surface area contributed by atoms with Crippen molar-refractivity contribution in [2.45, 2.75) is 51.9 Å². The maximum atomic E-state index is 11.4. The number of Topliss-reactive ketones (excluding diaryl/α,β-unsaturated/α-hetero) is 1. The maximum Gasteiger partial charge on any atom is 0.246 e. The van der Waals surface area contributed by atoms with Gasteiger partial charge in [-0.3, -0.25) is 19.6 Å². The summed E-state index contributed by atoms with van der Waals surface area (Å²) in [6.45, 7) is 2.12. The second-order valence-electron chi connectivity index (χ2n) is 5.10. The van der Waals surface area contributed by atoms with Crippen molar-refractivity contribution in [1.29, 1.82) is 0 Å². The molecular formula is C14H25N3O5. The number of carbonyl (C=O) groups is 4. The largest absolute Gasteiger partial charge is 0.370 e. The van der Waals surface area contributed by atoms with E-state index < -0.39 is 11.8 Å². The molecule has 0 bridgehead atoms. The zero-order valence-corrected chi connectivity index (χ0v) is 13.0. The molecule has 3 amide bonds. The molecule has 0 aliphatic carbocycles. The lowest BCUT2D eigenvalue weighted by Gasteiger charge is -2.14. The minimum absolute atomic E-state index is 0.0146. The number of hydrogen-bond donors (Lipinski definition) is 3. The van der Waals surface area contributed by atoms with Crippen LogP contribution >= 0.6 is 0 Å². The van der Waals surface area contributed by atoms with Crippen LogP contribution in [0, 0.1) is 0 Å². The van der Waals surface area contributed by atoms with Gasteiger partial charge in [0.05, 0.1) is 0 Å². The number of nitrogens with one attached hydrogen (secondary N) is 1. The third-order valence-electron chi connectivity index (χ3n) is 2.95. The van der Waals surface area contributed by atoms with Gasteiger partial charge in [-0.25, -0.2) is 5.06 Å². The van der Waals surface area contributed by atoms with Gasteiger partial charge in [0.1, 0.15) is 5.78 Å². The van der Waals surface area contributed by atoms with Crippen LogP contribution in [-0.2, 0) is 19.2 Å². The minimum Gasteiger partial charge on any atom is -0.370 e. The van der Waals surface area contributed by atoms with Crippen LogP contribution in [0.5, 0.6) is 0 Å². The average molecular weight is 315 g/mol. The van der Waals surface area contributed by atoms with Gasteiger partial charge in [0.25, 0.3) is 0 Å². The lowest BCUT2D eigenvalue weighted by molar-refractivity contribution is -0.166. The fraction of sp³-hybridized carbons (Fsp3) is 0.714. The smallest absolute Gasteiger partial charge is 0.246 e. The van der Waals surface area contributed by atoms with Gasteiger partial charge < -0.3 is 15.8 Å². The number of carbonyl (C=O) groups excluding carboxylic acids is 4. The van der Waals surface area contributed by atoms with E-state index in [9.17, 15) is 24.4 Å². The summed E-state index contributed by atoms with van der Waals surface area (Å²) in [6.07, 6.45) is 2.30. The number of nitrogens with two attached hydrogens (primary N) is 1. The second-order valence-corrected chi connectivity index (χ2v) is 5.10. The highest BCUT2D eigenvalue weighted by molar-refractivity contribution is 5.83. The first-order chi connectivity index (χ1) is 10.3. The van der Waals surface area contributed by atoms with Crippen LogP contribution < -0.4 is 11.1 Å². The van der Waals surface area contributed by atoms with Crippen molar-refractivity contribution in [3.05, 3.63) is 0 Å². The van der Waals surface area contributed by atoms with E-state index in [1.54, 1.807) is 0 Å². The first-order valence-electron chi connectivity index (χ1n) is 7.36. The normalized spacial score (nSPS) is 10.1. The number of hydrogen-bond acceptors (Lipinski definition) is 5. The molecule has 0 rings (SSSR count). The molecule has 0 saturated heterocycles. The van der Waals surface area contributed by atoms with Crippen LogP contribution in [0.2, 0.25) is 0 Å². The summed E-state index contributed by atoms with van der Waals surface area (Å²) in [5, 5.41) is 12.7. The van der Waals surface area contributed by atoms with E-state index in [1.165, 1.54) is 6.92 Å². The average Bonchev–Trinajstić information content (AvgIpc) is 2.45. The zero-order valence-electron chi connectivity index (χ0n) is 13.0. The van der Waals surface area contributed by atoms with Crippen LogP contribution in [0.3, 0.4) is 0 Å². The first-order valence-corrected chi connectivity index (χ1v) is 7.36. The van der Waals surface area contributed by atoms with Crippen LogP contribution in [0.4, 0.5) is 0 Å². The minimum atomic E-state index is -0.581. The highest BCUT2D eigenvalue weighted by atomic mass is 16.5. The lowest BCUT2D eigenvalue weighted by atomic mass is 10.2. The highest BCUT2D eigenvalue weighted by Crippen LogP contribution is 2.00. The summed E-state index contributed by atoms with van der Waals surface area (Å²) >= 11 is 0. The maximum absolute atomic E-state index is 11.4. The Morgan fingerprint density at radius 2 is 1.68 bits per heavy atom. The fourth-order valence-corrected chi connectivity index (χ4v) is 1.65. The topological polar surface area (TPSA) is 130 Å². The van der Waals surface area contributed by atoms with Crippen molar-refractivity contribution in [3.8, 4) is 0 Å². The number of rotatable bonds is 12. The highest BCUT2D eigenvalue weighted by Gasteiger charge is 2.11. The van der Waals surface area contributed by atoms with Gasteiger partial charge >= 0.3 is 0 Å². The van der Waals surface area contributed by atoms with E-state index in [0.717, 1.165) is 12.8 Å². The quantitative estimate of drug-likeness (QED) is 0.268. The molecule has 8 nitrogen and oxygen atoms in total. The standard InChI is InChI=1S/C14H25N3O5/c1-11(18)5-7-13(20)16-9-3-2-4-10-17(22)14(21)8-6-12(15)19/h22H,2-10H2,1H3,(H2,15,19)(H,16,20). The monoisotopic (exact) mass is 315 g/mol. The van der Waals surface area contributed by atoms with Crippen molar-refractivity contribution >= 4 is 23.5 Å². The van der Waals surface area contributed by atoms with Crippen molar-refractivity contribution in [2.24, 2.45) is 5.73 Å². The zero-order chi connectivity index (χ0) is 17.0. The van der Waals surface area contributed by atoms with Gasteiger partial charge in [-0.1, -0.05) is 0 Å². The van der Waals surface area contributed by atoms with E-state index in [4.69, 9.17) is 5.73 Å². The molecule has 0 radical (unpaired) electrons. The van der Waals surface area contributed by atoms with Crippen LogP contribution in [-0.4, -0.2) is 46.9 Å². The molecular weight excluding hydrogens is 290 g/mol. The molecule has 0 spiro atoms. The molecule has 0 aliphatic rings. The molecule has 0 aromatic rings. The van der Waals surface area contributed by atoms with E-state index >= 15 is 0 Å². The SMILES string of the molecule is CC(=O)CCC(=O)NCCCCCN(O)C(=O)CCC(N)=O. The third kappa shape index (κ3) is 11.8. The summed E-state index contributed by atoms with van der Waals surface area (Å²) in [4.78, 5) is 43.9. The van der Waals surface area contributed by atoms with Crippen molar-refractivity contribution < 1.29 is 24.4 Å². The molecule has 0 heterocycles. The molecule has 0 fully saturated rings. The van der Waals surface area contributed by atoms with E-state index in [1.807, 2.05) is 0 Å². The molecule has 4 N–H and O–H groups in total. The molecule has 0 aromatic carbocycles. The second kappa shape index (κ2) is 11.7. The van der Waals surface area contributed by atoms with Gasteiger partial charge in [-0.15, -0.1) is 0 Å². The first kappa shape index (κ1) is 20.0. The summed E-state index contributed by atoms with van der Waals surface area (Å²) in [5.74, 6) is -1.28. The molecule has 126 valence electrons. The summed E-state index contributed by atoms with van der Waals surface area (Å²) in [5.41, 5.74) is 4.91. The number of hydroxylamine groups is 2.